The van der Waals surface area contributed by atoms with E-state index in [-0.39, 0.29) is 11.7 Å². The summed E-state index contributed by atoms with van der Waals surface area (Å²) in [6, 6.07) is 5.47. The first-order chi connectivity index (χ1) is 7.67. The van der Waals surface area contributed by atoms with Crippen molar-refractivity contribution in [1.29, 1.82) is 0 Å². The second-order valence-corrected chi connectivity index (χ2v) is 4.50. The Balaban J connectivity index is 2.65. The van der Waals surface area contributed by atoms with Crippen molar-refractivity contribution in [3.8, 4) is 0 Å². The van der Waals surface area contributed by atoms with Crippen LogP contribution in [0, 0.1) is 0 Å². The van der Waals surface area contributed by atoms with Gasteiger partial charge in [-0.05, 0) is 24.6 Å². The topological polar surface area (TPSA) is 52.3 Å². The average molecular weight is 260 g/mol. The largest absolute Gasteiger partial charge is 0.465 e. The first-order valence-corrected chi connectivity index (χ1v) is 6.30. The zero-order valence-corrected chi connectivity index (χ0v) is 10.6. The third-order valence-electron chi connectivity index (χ3n) is 1.90. The van der Waals surface area contributed by atoms with E-state index in [4.69, 9.17) is 22.1 Å². The van der Waals surface area contributed by atoms with Crippen molar-refractivity contribution in [2.45, 2.75) is 18.4 Å². The summed E-state index contributed by atoms with van der Waals surface area (Å²) in [7, 11) is 0. The van der Waals surface area contributed by atoms with Gasteiger partial charge in [-0.1, -0.05) is 17.7 Å². The zero-order valence-electron chi connectivity index (χ0n) is 9.03. The van der Waals surface area contributed by atoms with Gasteiger partial charge in [0.15, 0.2) is 0 Å². The quantitative estimate of drug-likeness (QED) is 0.652. The lowest BCUT2D eigenvalue weighted by Crippen LogP contribution is -2.07. The fourth-order valence-electron chi connectivity index (χ4n) is 1.17. The second-order valence-electron chi connectivity index (χ2n) is 3.05. The van der Waals surface area contributed by atoms with Gasteiger partial charge in [0.1, 0.15) is 0 Å². The number of hydrogen-bond donors (Lipinski definition) is 1. The molecule has 0 aliphatic carbocycles. The minimum Gasteiger partial charge on any atom is -0.465 e. The minimum absolute atomic E-state index is 0.226. The van der Waals surface area contributed by atoms with Crippen LogP contribution < -0.4 is 5.73 Å². The molecule has 5 heteroatoms. The highest BCUT2D eigenvalue weighted by molar-refractivity contribution is 8.00. The van der Waals surface area contributed by atoms with E-state index in [1.165, 1.54) is 11.8 Å². The van der Waals surface area contributed by atoms with Gasteiger partial charge in [0.25, 0.3) is 0 Å². The Labute approximate surface area is 104 Å². The molecule has 1 aromatic carbocycles. The van der Waals surface area contributed by atoms with E-state index in [0.29, 0.717) is 18.2 Å². The number of thioether (sulfide) groups is 1. The average Bonchev–Trinajstić information content (AvgIpc) is 2.27. The van der Waals surface area contributed by atoms with Crippen molar-refractivity contribution in [3.63, 3.8) is 0 Å². The molecule has 0 bridgehead atoms. The Morgan fingerprint density at radius 1 is 1.56 bits per heavy atom. The third kappa shape index (κ3) is 4.04. The Bertz CT molecular complexity index is 371. The van der Waals surface area contributed by atoms with Gasteiger partial charge in [0, 0.05) is 16.5 Å². The lowest BCUT2D eigenvalue weighted by atomic mass is 10.2. The summed E-state index contributed by atoms with van der Waals surface area (Å²) in [6.45, 7) is 2.62. The maximum atomic E-state index is 11.2. The Kier molecular flexibility index (Phi) is 5.66. The third-order valence-corrected chi connectivity index (χ3v) is 3.21. The lowest BCUT2D eigenvalue weighted by Gasteiger charge is -2.07. The van der Waals surface area contributed by atoms with Gasteiger partial charge in [-0.15, -0.1) is 11.8 Å². The predicted molar refractivity (Wildman–Crippen MR) is 66.7 cm³/mol. The van der Waals surface area contributed by atoms with Crippen LogP contribution in [0.3, 0.4) is 0 Å². The standard InChI is InChI=1S/C11H14ClNO2S/c1-2-15-11(14)7-16-10-5-9(12)4-3-8(10)6-13/h3-5H,2,6-7,13H2,1H3. The van der Waals surface area contributed by atoms with Crippen LogP contribution in [0.25, 0.3) is 0 Å². The number of nitrogens with two attached hydrogens (primary N) is 1. The lowest BCUT2D eigenvalue weighted by molar-refractivity contribution is -0.139. The monoisotopic (exact) mass is 259 g/mol. The Hall–Kier alpha value is -0.710. The van der Waals surface area contributed by atoms with Crippen molar-refractivity contribution in [3.05, 3.63) is 28.8 Å². The highest BCUT2D eigenvalue weighted by Crippen LogP contribution is 2.26. The van der Waals surface area contributed by atoms with Crippen molar-refractivity contribution in [1.82, 2.24) is 0 Å². The number of halogens is 1. The summed E-state index contributed by atoms with van der Waals surface area (Å²) in [6.07, 6.45) is 0. The highest BCUT2D eigenvalue weighted by atomic mass is 35.5. The van der Waals surface area contributed by atoms with Crippen LogP contribution in [0.4, 0.5) is 0 Å². The van der Waals surface area contributed by atoms with E-state index in [2.05, 4.69) is 0 Å². The van der Waals surface area contributed by atoms with Gasteiger partial charge in [-0.2, -0.15) is 0 Å². The van der Waals surface area contributed by atoms with Gasteiger partial charge < -0.3 is 10.5 Å². The highest BCUT2D eigenvalue weighted by Gasteiger charge is 2.07. The second kappa shape index (κ2) is 6.78. The first-order valence-electron chi connectivity index (χ1n) is 4.94. The van der Waals surface area contributed by atoms with Crippen LogP contribution in [-0.4, -0.2) is 18.3 Å². The molecule has 0 aliphatic heterocycles. The molecule has 0 spiro atoms. The molecule has 1 rings (SSSR count). The zero-order chi connectivity index (χ0) is 12.0. The van der Waals surface area contributed by atoms with E-state index in [1.807, 2.05) is 12.1 Å². The molecule has 3 nitrogen and oxygen atoms in total. The Morgan fingerprint density at radius 3 is 2.94 bits per heavy atom. The van der Waals surface area contributed by atoms with E-state index >= 15 is 0 Å². The molecule has 0 aliphatic rings. The summed E-state index contributed by atoms with van der Waals surface area (Å²) in [4.78, 5) is 12.1. The van der Waals surface area contributed by atoms with Gasteiger partial charge in [-0.25, -0.2) is 0 Å². The normalized spacial score (nSPS) is 10.2. The molecule has 0 aromatic heterocycles. The van der Waals surface area contributed by atoms with Gasteiger partial charge in [0.2, 0.25) is 0 Å². The maximum absolute atomic E-state index is 11.2. The molecule has 0 heterocycles. The number of benzene rings is 1. The molecule has 16 heavy (non-hydrogen) atoms. The molecule has 0 unspecified atom stereocenters. The molecule has 0 amide bonds. The summed E-state index contributed by atoms with van der Waals surface area (Å²) < 4.78 is 4.84. The molecule has 0 radical (unpaired) electrons. The fourth-order valence-corrected chi connectivity index (χ4v) is 2.31. The van der Waals surface area contributed by atoms with E-state index < -0.39 is 0 Å². The molecule has 88 valence electrons. The van der Waals surface area contributed by atoms with Crippen LogP contribution in [-0.2, 0) is 16.1 Å². The van der Waals surface area contributed by atoms with Crippen LogP contribution in [0.15, 0.2) is 23.1 Å². The maximum Gasteiger partial charge on any atom is 0.316 e. The first kappa shape index (κ1) is 13.4. The number of hydrogen-bond acceptors (Lipinski definition) is 4. The number of ether oxygens (including phenoxy) is 1. The number of rotatable bonds is 5. The number of carbonyl (C=O) groups excluding carboxylic acids is 1. The molecule has 0 fully saturated rings. The van der Waals surface area contributed by atoms with Gasteiger partial charge in [-0.3, -0.25) is 4.79 Å². The van der Waals surface area contributed by atoms with Crippen molar-refractivity contribution in [2.24, 2.45) is 5.73 Å². The van der Waals surface area contributed by atoms with Crippen molar-refractivity contribution < 1.29 is 9.53 Å². The fraction of sp³-hybridized carbons (Fsp3) is 0.364. The molecular formula is C11H14ClNO2S. The molecule has 0 saturated carbocycles. The number of esters is 1. The van der Waals surface area contributed by atoms with E-state index in [9.17, 15) is 4.79 Å². The smallest absolute Gasteiger partial charge is 0.316 e. The van der Waals surface area contributed by atoms with Crippen LogP contribution in [0.1, 0.15) is 12.5 Å². The summed E-state index contributed by atoms with van der Waals surface area (Å²) >= 11 is 7.27. The summed E-state index contributed by atoms with van der Waals surface area (Å²) in [5.41, 5.74) is 6.58. The van der Waals surface area contributed by atoms with Crippen molar-refractivity contribution >= 4 is 29.3 Å². The molecule has 1 aromatic rings. The van der Waals surface area contributed by atoms with Crippen LogP contribution in [0.5, 0.6) is 0 Å². The van der Waals surface area contributed by atoms with Crippen LogP contribution >= 0.6 is 23.4 Å². The van der Waals surface area contributed by atoms with E-state index in [1.54, 1.807) is 13.0 Å². The van der Waals surface area contributed by atoms with Crippen LogP contribution in [0.2, 0.25) is 5.02 Å². The van der Waals surface area contributed by atoms with Gasteiger partial charge in [0.05, 0.1) is 12.4 Å². The molecule has 2 N–H and O–H groups in total. The minimum atomic E-state index is -0.226. The van der Waals surface area contributed by atoms with Gasteiger partial charge >= 0.3 is 5.97 Å². The summed E-state index contributed by atoms with van der Waals surface area (Å²) in [5.74, 6) is 0.0525. The van der Waals surface area contributed by atoms with Crippen molar-refractivity contribution in [2.75, 3.05) is 12.4 Å². The molecular weight excluding hydrogens is 246 g/mol. The Morgan fingerprint density at radius 2 is 2.31 bits per heavy atom. The molecule has 0 atom stereocenters. The summed E-state index contributed by atoms with van der Waals surface area (Å²) in [5, 5.41) is 0.642. The SMILES string of the molecule is CCOC(=O)CSc1cc(Cl)ccc1CN. The molecule has 0 saturated heterocycles. The number of carbonyl (C=O) groups is 1. The predicted octanol–water partition coefficient (Wildman–Crippen LogP) is 2.45. The van der Waals surface area contributed by atoms with E-state index in [0.717, 1.165) is 10.5 Å².